The van der Waals surface area contributed by atoms with Crippen molar-refractivity contribution in [3.63, 3.8) is 0 Å². The highest BCUT2D eigenvalue weighted by Crippen LogP contribution is 2.44. The molecule has 0 radical (unpaired) electrons. The fourth-order valence-corrected chi connectivity index (χ4v) is 6.04. The van der Waals surface area contributed by atoms with Crippen LogP contribution in [0.25, 0.3) is 0 Å². The lowest BCUT2D eigenvalue weighted by Gasteiger charge is -2.30. The lowest BCUT2D eigenvalue weighted by molar-refractivity contribution is 0.345. The van der Waals surface area contributed by atoms with Gasteiger partial charge in [0.1, 0.15) is 5.75 Å². The molecule has 2 aromatic heterocycles. The summed E-state index contributed by atoms with van der Waals surface area (Å²) < 4.78 is 7.97. The van der Waals surface area contributed by atoms with Crippen molar-refractivity contribution < 1.29 is 4.74 Å². The molecule has 5 nitrogen and oxygen atoms in total. The summed E-state index contributed by atoms with van der Waals surface area (Å²) in [5.41, 5.74) is 6.05. The number of aromatic nitrogens is 2. The van der Waals surface area contributed by atoms with Gasteiger partial charge in [0.25, 0.3) is 0 Å². The first-order valence-electron chi connectivity index (χ1n) is 11.9. The van der Waals surface area contributed by atoms with Crippen molar-refractivity contribution in [3.8, 4) is 5.75 Å². The molecule has 0 unspecified atom stereocenters. The van der Waals surface area contributed by atoms with E-state index in [1.807, 2.05) is 30.5 Å². The van der Waals surface area contributed by atoms with Crippen molar-refractivity contribution >= 4 is 23.0 Å². The summed E-state index contributed by atoms with van der Waals surface area (Å²) in [5, 5.41) is 4.31. The van der Waals surface area contributed by atoms with Gasteiger partial charge in [0, 0.05) is 29.3 Å². The molecule has 3 aromatic rings. The summed E-state index contributed by atoms with van der Waals surface area (Å²) in [6, 6.07) is 17.2. The van der Waals surface area contributed by atoms with Crippen molar-refractivity contribution in [2.45, 2.75) is 64.1 Å². The van der Waals surface area contributed by atoms with Gasteiger partial charge in [-0.25, -0.2) is 0 Å². The molecule has 2 fully saturated rings. The number of rotatable bonds is 5. The van der Waals surface area contributed by atoms with Gasteiger partial charge in [-0.3, -0.25) is 4.98 Å². The Balaban J connectivity index is 1.61. The van der Waals surface area contributed by atoms with E-state index in [1.165, 1.54) is 49.1 Å². The van der Waals surface area contributed by atoms with Crippen LogP contribution in [0.4, 0.5) is 5.69 Å². The fraction of sp³-hybridized carbons (Fsp3) is 0.407. The first kappa shape index (κ1) is 22.0. The van der Waals surface area contributed by atoms with E-state index in [-0.39, 0.29) is 12.1 Å². The van der Waals surface area contributed by atoms with E-state index in [2.05, 4.69) is 52.9 Å². The zero-order valence-electron chi connectivity index (χ0n) is 19.6. The third-order valence-electron chi connectivity index (χ3n) is 7.23. The van der Waals surface area contributed by atoms with Crippen molar-refractivity contribution in [2.24, 2.45) is 0 Å². The lowest BCUT2D eigenvalue weighted by Crippen LogP contribution is -2.29. The van der Waals surface area contributed by atoms with Crippen LogP contribution < -0.4 is 15.0 Å². The summed E-state index contributed by atoms with van der Waals surface area (Å²) in [6.07, 6.45) is 8.39. The van der Waals surface area contributed by atoms with Gasteiger partial charge in [0.2, 0.25) is 0 Å². The van der Waals surface area contributed by atoms with E-state index >= 15 is 0 Å². The molecule has 0 bridgehead atoms. The van der Waals surface area contributed by atoms with Crippen molar-refractivity contribution in [1.29, 1.82) is 0 Å². The predicted molar refractivity (Wildman–Crippen MR) is 137 cm³/mol. The Morgan fingerprint density at radius 3 is 2.45 bits per heavy atom. The highest BCUT2D eigenvalue weighted by atomic mass is 32.1. The fourth-order valence-electron chi connectivity index (χ4n) is 5.69. The van der Waals surface area contributed by atoms with Crippen molar-refractivity contribution in [1.82, 2.24) is 14.9 Å². The van der Waals surface area contributed by atoms with Gasteiger partial charge in [0.15, 0.2) is 5.11 Å². The van der Waals surface area contributed by atoms with E-state index < -0.39 is 0 Å². The second-order valence-electron chi connectivity index (χ2n) is 9.18. The average molecular weight is 461 g/mol. The summed E-state index contributed by atoms with van der Waals surface area (Å²) >= 11 is 5.89. The molecule has 1 aromatic carbocycles. The summed E-state index contributed by atoms with van der Waals surface area (Å²) in [4.78, 5) is 6.95. The number of ether oxygens (including phenoxy) is 1. The largest absolute Gasteiger partial charge is 0.497 e. The second kappa shape index (κ2) is 9.18. The average Bonchev–Trinajstić information content (AvgIpc) is 3.35. The number of thiocarbonyl (C=S) groups is 1. The smallest absolute Gasteiger partial charge is 0.174 e. The Kier molecular flexibility index (Phi) is 6.11. The summed E-state index contributed by atoms with van der Waals surface area (Å²) in [6.45, 7) is 4.53. The van der Waals surface area contributed by atoms with Crippen molar-refractivity contribution in [2.75, 3.05) is 12.0 Å². The highest BCUT2D eigenvalue weighted by molar-refractivity contribution is 7.80. The maximum atomic E-state index is 5.89. The standard InChI is InChI=1S/C27H32N4OS/c1-18-17-23(19(2)30(18)20-9-5-4-6-10-20)26-25(24-11-7-8-16-28-24)29-27(33)31(26)21-12-14-22(32-3)15-13-21/h7-8,11-17,20,25-26H,4-6,9-10H2,1-3H3,(H,29,33)/t25-,26-/m1/s1. The molecule has 6 heteroatoms. The van der Waals surface area contributed by atoms with Gasteiger partial charge in [-0.05, 0) is 86.9 Å². The minimum atomic E-state index is -0.0268. The van der Waals surface area contributed by atoms with Gasteiger partial charge < -0.3 is 19.5 Å². The summed E-state index contributed by atoms with van der Waals surface area (Å²) in [5.74, 6) is 0.838. The van der Waals surface area contributed by atoms with E-state index in [0.717, 1.165) is 22.2 Å². The van der Waals surface area contributed by atoms with Gasteiger partial charge in [-0.1, -0.05) is 25.3 Å². The van der Waals surface area contributed by atoms with Crippen LogP contribution in [0.5, 0.6) is 5.75 Å². The number of methoxy groups -OCH3 is 1. The predicted octanol–water partition coefficient (Wildman–Crippen LogP) is 6.19. The molecule has 172 valence electrons. The van der Waals surface area contributed by atoms with Gasteiger partial charge >= 0.3 is 0 Å². The number of anilines is 1. The van der Waals surface area contributed by atoms with Crippen LogP contribution in [0.3, 0.4) is 0 Å². The normalized spacial score (nSPS) is 21.3. The summed E-state index contributed by atoms with van der Waals surface area (Å²) in [7, 11) is 1.69. The molecule has 1 saturated carbocycles. The Hall–Kier alpha value is -2.86. The second-order valence-corrected chi connectivity index (χ2v) is 9.57. The number of hydrogen-bond acceptors (Lipinski definition) is 3. The number of pyridine rings is 1. The molecule has 2 atom stereocenters. The quantitative estimate of drug-likeness (QED) is 0.460. The first-order valence-corrected chi connectivity index (χ1v) is 12.3. The zero-order valence-corrected chi connectivity index (χ0v) is 20.4. The maximum Gasteiger partial charge on any atom is 0.174 e. The molecule has 0 spiro atoms. The third kappa shape index (κ3) is 4.01. The minimum Gasteiger partial charge on any atom is -0.497 e. The molecule has 3 heterocycles. The first-order chi connectivity index (χ1) is 16.1. The Bertz CT molecular complexity index is 1120. The number of nitrogens with one attached hydrogen (secondary N) is 1. The van der Waals surface area contributed by atoms with Crippen LogP contribution in [0.15, 0.2) is 54.7 Å². The monoisotopic (exact) mass is 460 g/mol. The van der Waals surface area contributed by atoms with Gasteiger partial charge in [-0.2, -0.15) is 0 Å². The molecule has 2 aliphatic rings. The molecule has 1 aliphatic heterocycles. The minimum absolute atomic E-state index is 0.0179. The Labute approximate surface area is 201 Å². The zero-order chi connectivity index (χ0) is 22.9. The number of nitrogens with zero attached hydrogens (tertiary/aromatic N) is 3. The highest BCUT2D eigenvalue weighted by Gasteiger charge is 2.42. The molecule has 5 rings (SSSR count). The van der Waals surface area contributed by atoms with Gasteiger partial charge in [0.05, 0.1) is 24.9 Å². The Morgan fingerprint density at radius 2 is 1.79 bits per heavy atom. The molecule has 1 N–H and O–H groups in total. The van der Waals surface area contributed by atoms with Crippen LogP contribution in [0.1, 0.15) is 72.9 Å². The SMILES string of the molecule is COc1ccc(N2C(=S)N[C@H](c3ccccn3)[C@H]2c2cc(C)n(C3CCCCC3)c2C)cc1. The van der Waals surface area contributed by atoms with E-state index in [9.17, 15) is 0 Å². The molecular weight excluding hydrogens is 428 g/mol. The molecule has 0 amide bonds. The van der Waals surface area contributed by atoms with E-state index in [4.69, 9.17) is 21.9 Å². The van der Waals surface area contributed by atoms with E-state index in [0.29, 0.717) is 6.04 Å². The number of aryl methyl sites for hydroxylation is 1. The number of hydrogen-bond donors (Lipinski definition) is 1. The van der Waals surface area contributed by atoms with Crippen LogP contribution in [-0.4, -0.2) is 21.8 Å². The lowest BCUT2D eigenvalue weighted by atomic mass is 9.94. The van der Waals surface area contributed by atoms with E-state index in [1.54, 1.807) is 7.11 Å². The van der Waals surface area contributed by atoms with Crippen LogP contribution in [0.2, 0.25) is 0 Å². The van der Waals surface area contributed by atoms with Gasteiger partial charge in [-0.15, -0.1) is 0 Å². The van der Waals surface area contributed by atoms with Crippen LogP contribution >= 0.6 is 12.2 Å². The van der Waals surface area contributed by atoms with Crippen LogP contribution in [-0.2, 0) is 0 Å². The van der Waals surface area contributed by atoms with Crippen molar-refractivity contribution in [3.05, 3.63) is 77.4 Å². The Morgan fingerprint density at radius 1 is 1.03 bits per heavy atom. The maximum absolute atomic E-state index is 5.89. The number of benzene rings is 1. The van der Waals surface area contributed by atoms with Crippen LogP contribution in [0, 0.1) is 13.8 Å². The molecule has 1 aliphatic carbocycles. The topological polar surface area (TPSA) is 42.3 Å². The molecule has 1 saturated heterocycles. The molecule has 33 heavy (non-hydrogen) atoms. The third-order valence-corrected chi connectivity index (χ3v) is 7.55. The molecular formula is C27H32N4OS.